The zero-order valence-electron chi connectivity index (χ0n) is 17.0. The monoisotopic (exact) mass is 459 g/mol. The van der Waals surface area contributed by atoms with E-state index in [1.807, 2.05) is 0 Å². The molecule has 3 heterocycles. The molecule has 1 unspecified atom stereocenters. The van der Waals surface area contributed by atoms with Crippen molar-refractivity contribution in [1.29, 1.82) is 0 Å². The molecule has 2 aromatic rings. The van der Waals surface area contributed by atoms with Crippen LogP contribution in [-0.2, 0) is 19.6 Å². The molecule has 2 amide bonds. The zero-order valence-corrected chi connectivity index (χ0v) is 17.8. The summed E-state index contributed by atoms with van der Waals surface area (Å²) in [6, 6.07) is 8.47. The van der Waals surface area contributed by atoms with E-state index in [-0.39, 0.29) is 24.0 Å². The molecule has 0 spiro atoms. The number of anilines is 2. The summed E-state index contributed by atoms with van der Waals surface area (Å²) in [6.45, 7) is 0.930. The fourth-order valence-electron chi connectivity index (χ4n) is 4.00. The smallest absolute Gasteiger partial charge is 0.262 e. The van der Waals surface area contributed by atoms with Gasteiger partial charge in [-0.05, 0) is 43.2 Å². The second-order valence-corrected chi connectivity index (χ2v) is 9.51. The Bertz CT molecular complexity index is 1200. The topological polar surface area (TPSA) is 123 Å². The van der Waals surface area contributed by atoms with Gasteiger partial charge in [0.1, 0.15) is 25.0 Å². The molecule has 5 rings (SSSR count). The molecule has 2 N–H and O–H groups in total. The highest BCUT2D eigenvalue weighted by molar-refractivity contribution is 7.89. The Kier molecular flexibility index (Phi) is 5.14. The van der Waals surface area contributed by atoms with Gasteiger partial charge in [0.2, 0.25) is 15.9 Å². The summed E-state index contributed by atoms with van der Waals surface area (Å²) in [5.74, 6) is 0.650. The summed E-state index contributed by atoms with van der Waals surface area (Å²) in [7, 11) is -3.92. The van der Waals surface area contributed by atoms with E-state index < -0.39 is 22.0 Å². The Morgan fingerprint density at radius 2 is 1.81 bits per heavy atom. The van der Waals surface area contributed by atoms with Crippen molar-refractivity contribution < 1.29 is 32.2 Å². The second-order valence-electron chi connectivity index (χ2n) is 7.62. The zero-order chi connectivity index (χ0) is 22.3. The van der Waals surface area contributed by atoms with Crippen molar-refractivity contribution in [3.05, 3.63) is 36.4 Å². The third kappa shape index (κ3) is 3.73. The van der Waals surface area contributed by atoms with Crippen molar-refractivity contribution >= 4 is 33.2 Å². The Morgan fingerprint density at radius 3 is 2.66 bits per heavy atom. The van der Waals surface area contributed by atoms with Crippen LogP contribution < -0.4 is 24.8 Å². The first-order valence-corrected chi connectivity index (χ1v) is 11.6. The van der Waals surface area contributed by atoms with Crippen LogP contribution in [0.3, 0.4) is 0 Å². The van der Waals surface area contributed by atoms with Crippen molar-refractivity contribution in [2.75, 3.05) is 37.0 Å². The molecule has 1 atom stereocenters. The number of carbonyl (C=O) groups is 2. The lowest BCUT2D eigenvalue weighted by molar-refractivity contribution is -0.119. The minimum absolute atomic E-state index is 0.0510. The summed E-state index contributed by atoms with van der Waals surface area (Å²) < 4.78 is 44.1. The summed E-state index contributed by atoms with van der Waals surface area (Å²) >= 11 is 0. The van der Waals surface area contributed by atoms with Gasteiger partial charge in [0.15, 0.2) is 18.1 Å². The molecule has 168 valence electrons. The Morgan fingerprint density at radius 1 is 1.03 bits per heavy atom. The average Bonchev–Trinajstić information content (AvgIpc) is 3.30. The molecule has 0 bridgehead atoms. The van der Waals surface area contributed by atoms with Gasteiger partial charge in [-0.15, -0.1) is 0 Å². The van der Waals surface area contributed by atoms with Gasteiger partial charge in [-0.1, -0.05) is 0 Å². The van der Waals surface area contributed by atoms with E-state index >= 15 is 0 Å². The van der Waals surface area contributed by atoms with Gasteiger partial charge in [0.05, 0.1) is 10.6 Å². The first-order valence-electron chi connectivity index (χ1n) is 10.2. The maximum atomic E-state index is 13.3. The number of hydrogen-bond donors (Lipinski definition) is 2. The molecule has 1 saturated heterocycles. The number of nitrogens with zero attached hydrogens (tertiary/aromatic N) is 1. The van der Waals surface area contributed by atoms with Crippen LogP contribution >= 0.6 is 0 Å². The minimum atomic E-state index is -3.92. The van der Waals surface area contributed by atoms with E-state index in [0.29, 0.717) is 54.7 Å². The van der Waals surface area contributed by atoms with Gasteiger partial charge < -0.3 is 24.8 Å². The maximum Gasteiger partial charge on any atom is 0.262 e. The number of amides is 2. The van der Waals surface area contributed by atoms with Crippen LogP contribution in [0.15, 0.2) is 41.3 Å². The standard InChI is InChI=1S/C21H21N3O7S/c25-20-12-31-17-5-3-13(10-15(17)23-20)22-21(26)16-2-1-7-24(16)32(27,28)14-4-6-18-19(11-14)30-9-8-29-18/h3-6,10-11,16H,1-2,7-9,12H2,(H,22,26)(H,23,25). The Balaban J connectivity index is 1.35. The molecule has 3 aliphatic heterocycles. The number of benzene rings is 2. The third-order valence-electron chi connectivity index (χ3n) is 5.51. The largest absolute Gasteiger partial charge is 0.486 e. The lowest BCUT2D eigenvalue weighted by atomic mass is 10.2. The summed E-state index contributed by atoms with van der Waals surface area (Å²) in [5, 5.41) is 5.43. The summed E-state index contributed by atoms with van der Waals surface area (Å²) in [6.07, 6.45) is 0.969. The van der Waals surface area contributed by atoms with E-state index in [1.165, 1.54) is 16.4 Å². The molecule has 0 saturated carbocycles. The van der Waals surface area contributed by atoms with E-state index in [0.717, 1.165) is 0 Å². The van der Waals surface area contributed by atoms with Crippen molar-refractivity contribution in [3.8, 4) is 17.2 Å². The van der Waals surface area contributed by atoms with E-state index in [9.17, 15) is 18.0 Å². The second kappa shape index (κ2) is 7.99. The average molecular weight is 459 g/mol. The fraction of sp³-hybridized carbons (Fsp3) is 0.333. The van der Waals surface area contributed by atoms with Crippen molar-refractivity contribution in [1.82, 2.24) is 4.31 Å². The lowest BCUT2D eigenvalue weighted by Gasteiger charge is -2.25. The van der Waals surface area contributed by atoms with Crippen LogP contribution in [0.5, 0.6) is 17.2 Å². The molecular formula is C21H21N3O7S. The maximum absolute atomic E-state index is 13.3. The predicted octanol–water partition coefficient (Wildman–Crippen LogP) is 1.58. The molecule has 3 aliphatic rings. The normalized spacial score (nSPS) is 20.1. The molecule has 2 aromatic carbocycles. The predicted molar refractivity (Wildman–Crippen MR) is 114 cm³/mol. The van der Waals surface area contributed by atoms with Gasteiger partial charge in [-0.25, -0.2) is 8.42 Å². The van der Waals surface area contributed by atoms with E-state index in [4.69, 9.17) is 14.2 Å². The number of fused-ring (bicyclic) bond motifs is 2. The van der Waals surface area contributed by atoms with Crippen LogP contribution in [-0.4, -0.2) is 56.9 Å². The van der Waals surface area contributed by atoms with Crippen LogP contribution in [0.4, 0.5) is 11.4 Å². The van der Waals surface area contributed by atoms with Crippen molar-refractivity contribution in [2.24, 2.45) is 0 Å². The number of carbonyl (C=O) groups excluding carboxylic acids is 2. The van der Waals surface area contributed by atoms with Crippen molar-refractivity contribution in [3.63, 3.8) is 0 Å². The van der Waals surface area contributed by atoms with Gasteiger partial charge in [0.25, 0.3) is 5.91 Å². The highest BCUT2D eigenvalue weighted by atomic mass is 32.2. The fourth-order valence-corrected chi connectivity index (χ4v) is 5.67. The lowest BCUT2D eigenvalue weighted by Crippen LogP contribution is -2.43. The number of nitrogens with one attached hydrogen (secondary N) is 2. The highest BCUT2D eigenvalue weighted by Gasteiger charge is 2.40. The third-order valence-corrected chi connectivity index (χ3v) is 7.41. The number of sulfonamides is 1. The molecule has 11 heteroatoms. The number of ether oxygens (including phenoxy) is 3. The molecule has 0 aliphatic carbocycles. The molecule has 10 nitrogen and oxygen atoms in total. The Labute approximate surface area is 184 Å². The van der Waals surface area contributed by atoms with E-state index in [2.05, 4.69) is 10.6 Å². The van der Waals surface area contributed by atoms with Crippen molar-refractivity contribution in [2.45, 2.75) is 23.8 Å². The number of hydrogen-bond acceptors (Lipinski definition) is 7. The SMILES string of the molecule is O=C1COc2ccc(NC(=O)C3CCCN3S(=O)(=O)c3ccc4c(c3)OCCO4)cc2N1. The molecular weight excluding hydrogens is 438 g/mol. The van der Waals surface area contributed by atoms with Crippen LogP contribution in [0.1, 0.15) is 12.8 Å². The Hall–Kier alpha value is -3.31. The van der Waals surface area contributed by atoms with Crippen LogP contribution in [0.25, 0.3) is 0 Å². The highest BCUT2D eigenvalue weighted by Crippen LogP contribution is 2.35. The van der Waals surface area contributed by atoms with Gasteiger partial charge in [-0.2, -0.15) is 4.31 Å². The summed E-state index contributed by atoms with van der Waals surface area (Å²) in [5.41, 5.74) is 0.884. The van der Waals surface area contributed by atoms with E-state index in [1.54, 1.807) is 24.3 Å². The van der Waals surface area contributed by atoms with Crippen LogP contribution in [0.2, 0.25) is 0 Å². The molecule has 1 fully saturated rings. The molecule has 0 radical (unpaired) electrons. The van der Waals surface area contributed by atoms with Gasteiger partial charge in [-0.3, -0.25) is 9.59 Å². The number of rotatable bonds is 4. The molecule has 0 aromatic heterocycles. The minimum Gasteiger partial charge on any atom is -0.486 e. The first kappa shape index (κ1) is 20.6. The van der Waals surface area contributed by atoms with Gasteiger partial charge in [0, 0.05) is 18.3 Å². The van der Waals surface area contributed by atoms with Gasteiger partial charge >= 0.3 is 0 Å². The quantitative estimate of drug-likeness (QED) is 0.712. The summed E-state index contributed by atoms with van der Waals surface area (Å²) in [4.78, 5) is 24.6. The molecule has 32 heavy (non-hydrogen) atoms. The first-order chi connectivity index (χ1) is 15.4. The van der Waals surface area contributed by atoms with Crippen LogP contribution in [0, 0.1) is 0 Å².